The van der Waals surface area contributed by atoms with Crippen molar-refractivity contribution < 1.29 is 19.8 Å². The topological polar surface area (TPSA) is 89.9 Å². The van der Waals surface area contributed by atoms with Crippen molar-refractivity contribution in [3.8, 4) is 0 Å². The number of piperidine rings is 1. The molecule has 6 heteroatoms. The SMILES string of the molecule is CNC(=O)C1CCN(CC2(O)CCC(C(=O)O)CC2)CC1. The van der Waals surface area contributed by atoms with Gasteiger partial charge in [0.05, 0.1) is 11.5 Å². The van der Waals surface area contributed by atoms with Gasteiger partial charge in [-0.15, -0.1) is 0 Å². The zero-order chi connectivity index (χ0) is 15.5. The summed E-state index contributed by atoms with van der Waals surface area (Å²) in [6.45, 7) is 2.24. The van der Waals surface area contributed by atoms with Crippen molar-refractivity contribution in [1.29, 1.82) is 0 Å². The summed E-state index contributed by atoms with van der Waals surface area (Å²) in [5, 5.41) is 22.3. The molecule has 0 bridgehead atoms. The van der Waals surface area contributed by atoms with E-state index >= 15 is 0 Å². The molecule has 0 unspecified atom stereocenters. The van der Waals surface area contributed by atoms with Crippen LogP contribution in [0.4, 0.5) is 0 Å². The number of hydrogen-bond acceptors (Lipinski definition) is 4. The van der Waals surface area contributed by atoms with Gasteiger partial charge in [-0.25, -0.2) is 0 Å². The van der Waals surface area contributed by atoms with Crippen molar-refractivity contribution in [3.05, 3.63) is 0 Å². The van der Waals surface area contributed by atoms with Crippen LogP contribution in [0.15, 0.2) is 0 Å². The molecule has 2 fully saturated rings. The average Bonchev–Trinajstić information content (AvgIpc) is 2.47. The first-order chi connectivity index (χ1) is 9.93. The van der Waals surface area contributed by atoms with Crippen LogP contribution >= 0.6 is 0 Å². The van der Waals surface area contributed by atoms with Crippen molar-refractivity contribution in [2.75, 3.05) is 26.7 Å². The Balaban J connectivity index is 1.78. The van der Waals surface area contributed by atoms with Gasteiger partial charge in [0.15, 0.2) is 0 Å². The first-order valence-electron chi connectivity index (χ1n) is 7.83. The number of aliphatic carboxylic acids is 1. The number of β-amino-alcohol motifs (C(OH)–C–C–N with tert-alkyl or cyclic N) is 1. The normalized spacial score (nSPS) is 31.8. The van der Waals surface area contributed by atoms with Crippen LogP contribution in [0.1, 0.15) is 38.5 Å². The van der Waals surface area contributed by atoms with Crippen molar-refractivity contribution in [2.24, 2.45) is 11.8 Å². The second-order valence-electron chi connectivity index (χ2n) is 6.50. The number of nitrogens with zero attached hydrogens (tertiary/aromatic N) is 1. The molecule has 2 aliphatic rings. The number of carbonyl (C=O) groups excluding carboxylic acids is 1. The van der Waals surface area contributed by atoms with Gasteiger partial charge in [0.1, 0.15) is 0 Å². The highest BCUT2D eigenvalue weighted by molar-refractivity contribution is 5.78. The molecule has 0 atom stereocenters. The fourth-order valence-electron chi connectivity index (χ4n) is 3.53. The van der Waals surface area contributed by atoms with Gasteiger partial charge in [0.2, 0.25) is 5.91 Å². The fraction of sp³-hybridized carbons (Fsp3) is 0.867. The molecule has 0 radical (unpaired) electrons. The van der Waals surface area contributed by atoms with Crippen LogP contribution in [-0.2, 0) is 9.59 Å². The first-order valence-corrected chi connectivity index (χ1v) is 7.83. The predicted molar refractivity (Wildman–Crippen MR) is 77.8 cm³/mol. The molecular weight excluding hydrogens is 272 g/mol. The molecule has 0 aromatic rings. The van der Waals surface area contributed by atoms with Crippen molar-refractivity contribution in [3.63, 3.8) is 0 Å². The standard InChI is InChI=1S/C15H26N2O4/c1-16-13(18)11-4-8-17(9-5-11)10-15(21)6-2-12(3-7-15)14(19)20/h11-12,21H,2-10H2,1H3,(H,16,18)(H,19,20). The van der Waals surface area contributed by atoms with Crippen LogP contribution in [0.5, 0.6) is 0 Å². The van der Waals surface area contributed by atoms with Gasteiger partial charge in [-0.1, -0.05) is 0 Å². The van der Waals surface area contributed by atoms with Gasteiger partial charge >= 0.3 is 5.97 Å². The molecular formula is C15H26N2O4. The Labute approximate surface area is 125 Å². The number of nitrogens with one attached hydrogen (secondary N) is 1. The van der Waals surface area contributed by atoms with Crippen molar-refractivity contribution in [2.45, 2.75) is 44.1 Å². The molecule has 1 aliphatic carbocycles. The minimum atomic E-state index is -0.758. The van der Waals surface area contributed by atoms with Gasteiger partial charge in [-0.2, -0.15) is 0 Å². The summed E-state index contributed by atoms with van der Waals surface area (Å²) in [6.07, 6.45) is 3.88. The third-order valence-corrected chi connectivity index (χ3v) is 4.99. The third-order valence-electron chi connectivity index (χ3n) is 4.99. The molecule has 0 spiro atoms. The minimum Gasteiger partial charge on any atom is -0.481 e. The lowest BCUT2D eigenvalue weighted by atomic mass is 9.78. The van der Waals surface area contributed by atoms with Crippen molar-refractivity contribution in [1.82, 2.24) is 10.2 Å². The summed E-state index contributed by atoms with van der Waals surface area (Å²) >= 11 is 0. The molecule has 6 nitrogen and oxygen atoms in total. The smallest absolute Gasteiger partial charge is 0.306 e. The van der Waals surface area contributed by atoms with E-state index in [2.05, 4.69) is 10.2 Å². The van der Waals surface area contributed by atoms with E-state index in [1.54, 1.807) is 7.05 Å². The second-order valence-corrected chi connectivity index (χ2v) is 6.50. The van der Waals surface area contributed by atoms with Gasteiger partial charge < -0.3 is 20.4 Å². The Bertz CT molecular complexity index is 383. The maximum absolute atomic E-state index is 11.6. The van der Waals surface area contributed by atoms with E-state index in [0.29, 0.717) is 32.2 Å². The summed E-state index contributed by atoms with van der Waals surface area (Å²) in [5.41, 5.74) is -0.758. The van der Waals surface area contributed by atoms with Gasteiger partial charge in [0.25, 0.3) is 0 Å². The van der Waals surface area contributed by atoms with E-state index < -0.39 is 11.6 Å². The maximum Gasteiger partial charge on any atom is 0.306 e. The Morgan fingerprint density at radius 1 is 1.14 bits per heavy atom. The summed E-state index contributed by atoms with van der Waals surface area (Å²) in [6, 6.07) is 0. The highest BCUT2D eigenvalue weighted by atomic mass is 16.4. The molecule has 1 amide bonds. The van der Waals surface area contributed by atoms with E-state index in [9.17, 15) is 14.7 Å². The van der Waals surface area contributed by atoms with E-state index in [1.807, 2.05) is 0 Å². The molecule has 120 valence electrons. The Hall–Kier alpha value is -1.14. The lowest BCUT2D eigenvalue weighted by molar-refractivity contribution is -0.145. The van der Waals surface area contributed by atoms with Gasteiger partial charge in [0, 0.05) is 19.5 Å². The Morgan fingerprint density at radius 2 is 1.71 bits per heavy atom. The van der Waals surface area contributed by atoms with Crippen LogP contribution in [0, 0.1) is 11.8 Å². The molecule has 3 N–H and O–H groups in total. The lowest BCUT2D eigenvalue weighted by Gasteiger charge is -2.40. The average molecular weight is 298 g/mol. The minimum absolute atomic E-state index is 0.0867. The number of carbonyl (C=O) groups is 2. The van der Waals surface area contributed by atoms with Crippen LogP contribution < -0.4 is 5.32 Å². The summed E-state index contributed by atoms with van der Waals surface area (Å²) in [5.74, 6) is -0.855. The molecule has 21 heavy (non-hydrogen) atoms. The summed E-state index contributed by atoms with van der Waals surface area (Å²) in [7, 11) is 1.67. The van der Waals surface area contributed by atoms with E-state index in [4.69, 9.17) is 5.11 Å². The van der Waals surface area contributed by atoms with Crippen LogP contribution in [-0.4, -0.2) is 59.3 Å². The highest BCUT2D eigenvalue weighted by Crippen LogP contribution is 2.33. The Kier molecular flexibility index (Phi) is 5.22. The predicted octanol–water partition coefficient (Wildman–Crippen LogP) is 0.450. The molecule has 0 aromatic carbocycles. The first kappa shape index (κ1) is 16.2. The number of rotatable bonds is 4. The van der Waals surface area contributed by atoms with Gasteiger partial charge in [-0.05, 0) is 51.6 Å². The number of likely N-dealkylation sites (tertiary alicyclic amines) is 1. The molecule has 0 aromatic heterocycles. The quantitative estimate of drug-likeness (QED) is 0.701. The van der Waals surface area contributed by atoms with Gasteiger partial charge in [-0.3, -0.25) is 9.59 Å². The van der Waals surface area contributed by atoms with Crippen LogP contribution in [0.2, 0.25) is 0 Å². The van der Waals surface area contributed by atoms with Crippen molar-refractivity contribution >= 4 is 11.9 Å². The number of carboxylic acids is 1. The summed E-state index contributed by atoms with van der Waals surface area (Å²) < 4.78 is 0. The molecule has 1 saturated carbocycles. The van der Waals surface area contributed by atoms with Crippen LogP contribution in [0.25, 0.3) is 0 Å². The largest absolute Gasteiger partial charge is 0.481 e. The number of carboxylic acid groups (broad SMARTS) is 1. The highest BCUT2D eigenvalue weighted by Gasteiger charge is 2.38. The number of amides is 1. The second kappa shape index (κ2) is 6.75. The monoisotopic (exact) mass is 298 g/mol. The summed E-state index contributed by atoms with van der Waals surface area (Å²) in [4.78, 5) is 24.8. The third kappa shape index (κ3) is 4.17. The Morgan fingerprint density at radius 3 is 2.19 bits per heavy atom. The van der Waals surface area contributed by atoms with E-state index in [0.717, 1.165) is 25.9 Å². The molecule has 1 aliphatic heterocycles. The number of aliphatic hydroxyl groups is 1. The van der Waals surface area contributed by atoms with E-state index in [-0.39, 0.29) is 17.7 Å². The number of hydrogen-bond donors (Lipinski definition) is 3. The molecule has 1 heterocycles. The molecule has 1 saturated heterocycles. The maximum atomic E-state index is 11.6. The lowest BCUT2D eigenvalue weighted by Crippen LogP contribution is -2.49. The van der Waals surface area contributed by atoms with Crippen LogP contribution in [0.3, 0.4) is 0 Å². The fourth-order valence-corrected chi connectivity index (χ4v) is 3.53. The zero-order valence-corrected chi connectivity index (χ0v) is 12.7. The molecule has 2 rings (SSSR count). The zero-order valence-electron chi connectivity index (χ0n) is 12.7. The van der Waals surface area contributed by atoms with E-state index in [1.165, 1.54) is 0 Å².